The molecule has 0 bridgehead atoms. The third kappa shape index (κ3) is 3.35. The highest BCUT2D eigenvalue weighted by Gasteiger charge is 2.52. The molecule has 0 spiro atoms. The fourth-order valence-corrected chi connectivity index (χ4v) is 4.12. The number of amides is 2. The van der Waals surface area contributed by atoms with E-state index in [1.807, 2.05) is 29.2 Å². The summed E-state index contributed by atoms with van der Waals surface area (Å²) in [6.45, 7) is 3.44. The number of pyridine rings is 1. The lowest BCUT2D eigenvalue weighted by Crippen LogP contribution is -2.45. The maximum atomic E-state index is 12.9. The largest absolute Gasteiger partial charge is 0.334 e. The molecule has 6 heteroatoms. The van der Waals surface area contributed by atoms with Gasteiger partial charge in [0.25, 0.3) is 0 Å². The monoisotopic (exact) mass is 385 g/mol. The van der Waals surface area contributed by atoms with Crippen LogP contribution in [0.3, 0.4) is 0 Å². The van der Waals surface area contributed by atoms with Crippen molar-refractivity contribution in [2.24, 2.45) is 0 Å². The van der Waals surface area contributed by atoms with Crippen LogP contribution in [0.2, 0.25) is 0 Å². The Bertz CT molecular complexity index is 1040. The summed E-state index contributed by atoms with van der Waals surface area (Å²) in [7, 11) is 0. The normalized spacial score (nSPS) is 22.7. The number of hydrogen-bond acceptors (Lipinski definition) is 4. The van der Waals surface area contributed by atoms with Gasteiger partial charge in [-0.15, -0.1) is 0 Å². The second-order valence-electron chi connectivity index (χ2n) is 8.10. The van der Waals surface area contributed by atoms with Gasteiger partial charge in [-0.2, -0.15) is 10.2 Å². The van der Waals surface area contributed by atoms with E-state index in [-0.39, 0.29) is 17.5 Å². The highest BCUT2D eigenvalue weighted by Crippen LogP contribution is 2.47. The van der Waals surface area contributed by atoms with Crippen LogP contribution in [0.4, 0.5) is 4.79 Å². The molecule has 0 radical (unpaired) electrons. The number of benzene rings is 1. The van der Waals surface area contributed by atoms with Crippen LogP contribution in [0.5, 0.6) is 0 Å². The third-order valence-electron chi connectivity index (χ3n) is 6.17. The van der Waals surface area contributed by atoms with Crippen molar-refractivity contribution < 1.29 is 4.79 Å². The maximum absolute atomic E-state index is 12.9. The molecule has 1 aliphatic heterocycles. The van der Waals surface area contributed by atoms with Gasteiger partial charge in [0.1, 0.15) is 0 Å². The zero-order chi connectivity index (χ0) is 19.8. The number of carbonyl (C=O) groups excluding carboxylic acids is 1. The Morgan fingerprint density at radius 3 is 2.72 bits per heavy atom. The molecule has 146 valence electrons. The minimum absolute atomic E-state index is 0.00239. The molecule has 5 rings (SSSR count). The van der Waals surface area contributed by atoms with E-state index < -0.39 is 0 Å². The first-order chi connectivity index (χ1) is 14.1. The number of urea groups is 1. The fourth-order valence-electron chi connectivity index (χ4n) is 4.12. The predicted octanol–water partition coefficient (Wildman–Crippen LogP) is 3.34. The molecule has 3 aromatic rings. The van der Waals surface area contributed by atoms with Gasteiger partial charge in [-0.3, -0.25) is 4.98 Å². The van der Waals surface area contributed by atoms with Crippen LogP contribution in [-0.2, 0) is 18.4 Å². The summed E-state index contributed by atoms with van der Waals surface area (Å²) in [5.41, 5.74) is 5.15. The Labute approximate surface area is 170 Å². The molecule has 0 saturated heterocycles. The number of aromatic nitrogens is 3. The molecule has 1 N–H and O–H groups in total. The molecule has 1 fully saturated rings. The first-order valence-electron chi connectivity index (χ1n) is 10.0. The Morgan fingerprint density at radius 2 is 1.93 bits per heavy atom. The van der Waals surface area contributed by atoms with E-state index >= 15 is 0 Å². The molecular weight excluding hydrogens is 362 g/mol. The van der Waals surface area contributed by atoms with Gasteiger partial charge < -0.3 is 10.2 Å². The Kier molecular flexibility index (Phi) is 4.27. The maximum Gasteiger partial charge on any atom is 0.317 e. The van der Waals surface area contributed by atoms with Crippen LogP contribution in [0.15, 0.2) is 60.9 Å². The van der Waals surface area contributed by atoms with Crippen molar-refractivity contribution in [1.82, 2.24) is 25.4 Å². The van der Waals surface area contributed by atoms with Gasteiger partial charge in [-0.1, -0.05) is 37.3 Å². The average molecular weight is 385 g/mol. The van der Waals surface area contributed by atoms with Gasteiger partial charge in [0, 0.05) is 48.9 Å². The lowest BCUT2D eigenvalue weighted by molar-refractivity contribution is 0.190. The zero-order valence-corrected chi connectivity index (χ0v) is 16.4. The molecule has 1 aliphatic carbocycles. The number of hydrogen-bond donors (Lipinski definition) is 1. The van der Waals surface area contributed by atoms with Crippen molar-refractivity contribution in [3.05, 3.63) is 77.7 Å². The Balaban J connectivity index is 1.28. The summed E-state index contributed by atoms with van der Waals surface area (Å²) in [6, 6.07) is 16.5. The summed E-state index contributed by atoms with van der Waals surface area (Å²) in [5, 5.41) is 12.0. The van der Waals surface area contributed by atoms with Crippen LogP contribution >= 0.6 is 0 Å². The van der Waals surface area contributed by atoms with Gasteiger partial charge in [-0.25, -0.2) is 4.79 Å². The highest BCUT2D eigenvalue weighted by atomic mass is 16.2. The van der Waals surface area contributed by atoms with E-state index in [4.69, 9.17) is 0 Å². The predicted molar refractivity (Wildman–Crippen MR) is 110 cm³/mol. The Hall–Kier alpha value is -3.28. The second-order valence-corrected chi connectivity index (χ2v) is 8.10. The molecule has 2 atom stereocenters. The fraction of sp³-hybridized carbons (Fsp3) is 0.304. The third-order valence-corrected chi connectivity index (χ3v) is 6.17. The van der Waals surface area contributed by atoms with Crippen molar-refractivity contribution >= 4 is 6.03 Å². The summed E-state index contributed by atoms with van der Waals surface area (Å²) in [4.78, 5) is 18.8. The van der Waals surface area contributed by atoms with Gasteiger partial charge in [0.2, 0.25) is 0 Å². The van der Waals surface area contributed by atoms with E-state index in [0.717, 1.165) is 35.4 Å². The van der Waals surface area contributed by atoms with Crippen LogP contribution in [0.1, 0.15) is 30.2 Å². The van der Waals surface area contributed by atoms with Gasteiger partial charge in [0.15, 0.2) is 0 Å². The van der Waals surface area contributed by atoms with Crippen molar-refractivity contribution in [2.45, 2.75) is 37.8 Å². The number of nitrogens with one attached hydrogen (secondary N) is 1. The lowest BCUT2D eigenvalue weighted by atomic mass is 9.97. The summed E-state index contributed by atoms with van der Waals surface area (Å²) in [5.74, 6) is 0. The molecule has 6 nitrogen and oxygen atoms in total. The van der Waals surface area contributed by atoms with Crippen LogP contribution < -0.4 is 5.32 Å². The molecule has 2 aliphatic rings. The number of carbonyl (C=O) groups is 1. The van der Waals surface area contributed by atoms with Crippen molar-refractivity contribution in [1.29, 1.82) is 0 Å². The molecule has 29 heavy (non-hydrogen) atoms. The van der Waals surface area contributed by atoms with E-state index in [0.29, 0.717) is 13.1 Å². The van der Waals surface area contributed by atoms with Crippen LogP contribution in [-0.4, -0.2) is 38.7 Å². The Morgan fingerprint density at radius 1 is 1.14 bits per heavy atom. The number of fused-ring (bicyclic) bond motifs is 1. The van der Waals surface area contributed by atoms with E-state index in [2.05, 4.69) is 51.7 Å². The average Bonchev–Trinajstić information content (AvgIpc) is 3.44. The molecule has 1 saturated carbocycles. The molecule has 2 unspecified atom stereocenters. The van der Waals surface area contributed by atoms with E-state index in [1.54, 1.807) is 12.4 Å². The zero-order valence-electron chi connectivity index (χ0n) is 16.4. The van der Waals surface area contributed by atoms with Crippen molar-refractivity contribution in [2.75, 3.05) is 6.54 Å². The standard InChI is InChI=1S/C23H23N5O/c1-23(18-5-3-2-4-6-18)14-21(23)25-22(29)28-12-9-19-17(15-28)13-20(27-26-19)16-7-10-24-11-8-16/h2-8,10-11,13,21H,9,12,14-15H2,1H3,(H,25,29). The smallest absolute Gasteiger partial charge is 0.317 e. The topological polar surface area (TPSA) is 71.0 Å². The molecule has 3 heterocycles. The molecule has 2 amide bonds. The summed E-state index contributed by atoms with van der Waals surface area (Å²) < 4.78 is 0. The minimum Gasteiger partial charge on any atom is -0.334 e. The first-order valence-corrected chi connectivity index (χ1v) is 10.0. The number of nitrogens with zero attached hydrogens (tertiary/aromatic N) is 4. The number of rotatable bonds is 3. The molecule has 1 aromatic carbocycles. The van der Waals surface area contributed by atoms with Gasteiger partial charge in [-0.05, 0) is 35.7 Å². The van der Waals surface area contributed by atoms with Crippen molar-refractivity contribution in [3.63, 3.8) is 0 Å². The summed E-state index contributed by atoms with van der Waals surface area (Å²) >= 11 is 0. The minimum atomic E-state index is 0.00239. The van der Waals surface area contributed by atoms with Gasteiger partial charge >= 0.3 is 6.03 Å². The van der Waals surface area contributed by atoms with Crippen molar-refractivity contribution in [3.8, 4) is 11.3 Å². The first kappa shape index (κ1) is 17.8. The van der Waals surface area contributed by atoms with Crippen LogP contribution in [0, 0.1) is 0 Å². The second kappa shape index (κ2) is 6.95. The van der Waals surface area contributed by atoms with Crippen LogP contribution in [0.25, 0.3) is 11.3 Å². The SMILES string of the molecule is CC1(c2ccccc2)CC1NC(=O)N1CCc2nnc(-c3ccncc3)cc2C1. The van der Waals surface area contributed by atoms with E-state index in [1.165, 1.54) is 5.56 Å². The summed E-state index contributed by atoms with van der Waals surface area (Å²) in [6.07, 6.45) is 5.20. The highest BCUT2D eigenvalue weighted by molar-refractivity contribution is 5.76. The lowest BCUT2D eigenvalue weighted by Gasteiger charge is -2.28. The molecular formula is C23H23N5O. The molecule has 2 aromatic heterocycles. The van der Waals surface area contributed by atoms with E-state index in [9.17, 15) is 4.79 Å². The quantitative estimate of drug-likeness (QED) is 0.751. The van der Waals surface area contributed by atoms with Gasteiger partial charge in [0.05, 0.1) is 11.4 Å².